The van der Waals surface area contributed by atoms with Gasteiger partial charge in [0.15, 0.2) is 5.82 Å². The number of hydrogen-bond acceptors (Lipinski definition) is 5. The quantitative estimate of drug-likeness (QED) is 0.673. The molecule has 0 unspecified atom stereocenters. The predicted octanol–water partition coefficient (Wildman–Crippen LogP) is 3.98. The standard InChI is InChI=1S/C23H34N4O2/c1-17(2)20-10-8-19(9-11-20)16-26-12-14-27(15-13-26)22(28)7-5-6-21-24-23(18(3)4)25-29-21/h8-11,17-18H,5-7,12-16H2,1-4H3. The minimum absolute atomic E-state index is 0.231. The van der Waals surface area contributed by atoms with Gasteiger partial charge in [-0.15, -0.1) is 0 Å². The summed E-state index contributed by atoms with van der Waals surface area (Å²) in [7, 11) is 0. The largest absolute Gasteiger partial charge is 0.340 e. The van der Waals surface area contributed by atoms with Gasteiger partial charge < -0.3 is 9.42 Å². The first-order chi connectivity index (χ1) is 13.9. The fourth-order valence-corrected chi connectivity index (χ4v) is 3.57. The lowest BCUT2D eigenvalue weighted by Gasteiger charge is -2.34. The van der Waals surface area contributed by atoms with Gasteiger partial charge in [-0.2, -0.15) is 4.98 Å². The predicted molar refractivity (Wildman–Crippen MR) is 114 cm³/mol. The van der Waals surface area contributed by atoms with Crippen LogP contribution >= 0.6 is 0 Å². The molecule has 158 valence electrons. The van der Waals surface area contributed by atoms with Gasteiger partial charge in [0.2, 0.25) is 11.8 Å². The van der Waals surface area contributed by atoms with E-state index < -0.39 is 0 Å². The number of piperazine rings is 1. The van der Waals surface area contributed by atoms with Gasteiger partial charge in [-0.05, 0) is 23.5 Å². The molecule has 6 heteroatoms. The summed E-state index contributed by atoms with van der Waals surface area (Å²) >= 11 is 0. The Morgan fingerprint density at radius 2 is 1.72 bits per heavy atom. The zero-order valence-electron chi connectivity index (χ0n) is 18.2. The van der Waals surface area contributed by atoms with Crippen molar-refractivity contribution in [1.82, 2.24) is 19.9 Å². The van der Waals surface area contributed by atoms with Crippen LogP contribution in [0.2, 0.25) is 0 Å². The molecule has 0 saturated carbocycles. The van der Waals surface area contributed by atoms with Gasteiger partial charge in [-0.3, -0.25) is 9.69 Å². The van der Waals surface area contributed by atoms with Crippen molar-refractivity contribution >= 4 is 5.91 Å². The Hall–Kier alpha value is -2.21. The highest BCUT2D eigenvalue weighted by atomic mass is 16.5. The van der Waals surface area contributed by atoms with Crippen LogP contribution in [0.25, 0.3) is 0 Å². The van der Waals surface area contributed by atoms with E-state index in [0.717, 1.165) is 45.0 Å². The van der Waals surface area contributed by atoms with Crippen LogP contribution in [0.15, 0.2) is 28.8 Å². The number of amides is 1. The summed E-state index contributed by atoms with van der Waals surface area (Å²) in [5.41, 5.74) is 2.72. The molecule has 6 nitrogen and oxygen atoms in total. The van der Waals surface area contributed by atoms with Gasteiger partial charge in [0.1, 0.15) is 0 Å². The number of aryl methyl sites for hydroxylation is 1. The lowest BCUT2D eigenvalue weighted by atomic mass is 10.0. The van der Waals surface area contributed by atoms with Crippen molar-refractivity contribution in [3.05, 3.63) is 47.1 Å². The van der Waals surface area contributed by atoms with E-state index in [1.54, 1.807) is 0 Å². The minimum Gasteiger partial charge on any atom is -0.340 e. The van der Waals surface area contributed by atoms with Crippen LogP contribution < -0.4 is 0 Å². The summed E-state index contributed by atoms with van der Waals surface area (Å²) < 4.78 is 5.25. The number of carbonyl (C=O) groups is 1. The van der Waals surface area contributed by atoms with Crippen molar-refractivity contribution in [2.75, 3.05) is 26.2 Å². The average molecular weight is 399 g/mol. The number of nitrogens with zero attached hydrogens (tertiary/aromatic N) is 4. The van der Waals surface area contributed by atoms with Crippen LogP contribution in [0.5, 0.6) is 0 Å². The maximum absolute atomic E-state index is 12.5. The maximum atomic E-state index is 12.5. The summed E-state index contributed by atoms with van der Waals surface area (Å²) in [6.45, 7) is 12.9. The van der Waals surface area contributed by atoms with Crippen LogP contribution in [-0.2, 0) is 17.8 Å². The summed E-state index contributed by atoms with van der Waals surface area (Å²) in [6.07, 6.45) is 1.95. The summed E-state index contributed by atoms with van der Waals surface area (Å²) in [6, 6.07) is 8.92. The van der Waals surface area contributed by atoms with Gasteiger partial charge >= 0.3 is 0 Å². The van der Waals surface area contributed by atoms with Crippen molar-refractivity contribution in [1.29, 1.82) is 0 Å². The van der Waals surface area contributed by atoms with Crippen LogP contribution in [-0.4, -0.2) is 52.0 Å². The summed E-state index contributed by atoms with van der Waals surface area (Å²) in [4.78, 5) is 21.3. The molecule has 0 atom stereocenters. The molecule has 1 saturated heterocycles. The molecular formula is C23H34N4O2. The fraction of sp³-hybridized carbons (Fsp3) is 0.609. The van der Waals surface area contributed by atoms with Crippen molar-refractivity contribution in [3.63, 3.8) is 0 Å². The van der Waals surface area contributed by atoms with E-state index in [1.807, 2.05) is 18.7 Å². The molecule has 0 N–H and O–H groups in total. The number of benzene rings is 1. The molecular weight excluding hydrogens is 364 g/mol. The van der Waals surface area contributed by atoms with E-state index in [2.05, 4.69) is 53.2 Å². The molecule has 0 radical (unpaired) electrons. The Bertz CT molecular complexity index is 774. The summed E-state index contributed by atoms with van der Waals surface area (Å²) in [5.74, 6) is 2.43. The first-order valence-electron chi connectivity index (χ1n) is 10.8. The second-order valence-corrected chi connectivity index (χ2v) is 8.61. The van der Waals surface area contributed by atoms with E-state index >= 15 is 0 Å². The number of carbonyl (C=O) groups excluding carboxylic acids is 1. The first kappa shape index (κ1) is 21.5. The molecule has 1 amide bonds. The van der Waals surface area contributed by atoms with Crippen molar-refractivity contribution in [2.45, 2.75) is 65.3 Å². The number of aromatic nitrogens is 2. The van der Waals surface area contributed by atoms with Gasteiger partial charge in [0, 0.05) is 51.5 Å². The number of rotatable bonds is 8. The Morgan fingerprint density at radius 1 is 1.03 bits per heavy atom. The summed E-state index contributed by atoms with van der Waals surface area (Å²) in [5, 5.41) is 3.97. The van der Waals surface area contributed by atoms with Crippen LogP contribution in [0.4, 0.5) is 0 Å². The fourth-order valence-electron chi connectivity index (χ4n) is 3.57. The van der Waals surface area contributed by atoms with Crippen molar-refractivity contribution < 1.29 is 9.32 Å². The van der Waals surface area contributed by atoms with E-state index in [0.29, 0.717) is 24.7 Å². The van der Waals surface area contributed by atoms with E-state index in [-0.39, 0.29) is 11.8 Å². The Kier molecular flexibility index (Phi) is 7.42. The molecule has 29 heavy (non-hydrogen) atoms. The molecule has 1 aromatic heterocycles. The molecule has 0 spiro atoms. The van der Waals surface area contributed by atoms with Crippen LogP contribution in [0, 0.1) is 0 Å². The molecule has 3 rings (SSSR count). The smallest absolute Gasteiger partial charge is 0.226 e. The zero-order chi connectivity index (χ0) is 20.8. The highest BCUT2D eigenvalue weighted by molar-refractivity contribution is 5.76. The third-order valence-electron chi connectivity index (χ3n) is 5.56. The zero-order valence-corrected chi connectivity index (χ0v) is 18.2. The molecule has 0 bridgehead atoms. The van der Waals surface area contributed by atoms with Gasteiger partial charge in [0.05, 0.1) is 0 Å². The Balaban J connectivity index is 1.37. The maximum Gasteiger partial charge on any atom is 0.226 e. The van der Waals surface area contributed by atoms with Crippen LogP contribution in [0.3, 0.4) is 0 Å². The molecule has 0 aliphatic carbocycles. The first-order valence-corrected chi connectivity index (χ1v) is 10.8. The molecule has 1 fully saturated rings. The monoisotopic (exact) mass is 398 g/mol. The minimum atomic E-state index is 0.231. The third kappa shape index (κ3) is 6.13. The highest BCUT2D eigenvalue weighted by Gasteiger charge is 2.21. The number of hydrogen-bond donors (Lipinski definition) is 0. The molecule has 1 aromatic carbocycles. The lowest BCUT2D eigenvalue weighted by molar-refractivity contribution is -0.133. The Labute approximate surface area is 174 Å². The molecule has 2 heterocycles. The lowest BCUT2D eigenvalue weighted by Crippen LogP contribution is -2.48. The second kappa shape index (κ2) is 10.0. The molecule has 2 aromatic rings. The van der Waals surface area contributed by atoms with Gasteiger partial charge in [-0.25, -0.2) is 0 Å². The average Bonchev–Trinajstić information content (AvgIpc) is 3.18. The topological polar surface area (TPSA) is 62.5 Å². The normalized spacial score (nSPS) is 15.4. The highest BCUT2D eigenvalue weighted by Crippen LogP contribution is 2.17. The SMILES string of the molecule is CC(C)c1ccc(CN2CCN(C(=O)CCCc3nc(C(C)C)no3)CC2)cc1. The van der Waals surface area contributed by atoms with Crippen molar-refractivity contribution in [3.8, 4) is 0 Å². The van der Waals surface area contributed by atoms with E-state index in [4.69, 9.17) is 4.52 Å². The van der Waals surface area contributed by atoms with Gasteiger partial charge in [-0.1, -0.05) is 57.1 Å². The second-order valence-electron chi connectivity index (χ2n) is 8.61. The third-order valence-corrected chi connectivity index (χ3v) is 5.56. The van der Waals surface area contributed by atoms with E-state index in [1.165, 1.54) is 11.1 Å². The van der Waals surface area contributed by atoms with Crippen LogP contribution in [0.1, 0.15) is 75.2 Å². The van der Waals surface area contributed by atoms with Gasteiger partial charge in [0.25, 0.3) is 0 Å². The van der Waals surface area contributed by atoms with Crippen molar-refractivity contribution in [2.24, 2.45) is 0 Å². The molecule has 1 aliphatic rings. The van der Waals surface area contributed by atoms with E-state index in [9.17, 15) is 4.79 Å². The Morgan fingerprint density at radius 3 is 2.31 bits per heavy atom. The molecule has 1 aliphatic heterocycles.